The van der Waals surface area contributed by atoms with Gasteiger partial charge in [0, 0.05) is 29.8 Å². The number of anilines is 1. The lowest BCUT2D eigenvalue weighted by Gasteiger charge is -2.29. The molecule has 0 unspecified atom stereocenters. The number of H-pyrrole nitrogens is 1. The largest absolute Gasteiger partial charge is 0.497 e. The van der Waals surface area contributed by atoms with Crippen LogP contribution in [-0.4, -0.2) is 25.0 Å². The van der Waals surface area contributed by atoms with Crippen LogP contribution in [0.25, 0.3) is 10.9 Å². The molecule has 0 saturated carbocycles. The van der Waals surface area contributed by atoms with Gasteiger partial charge in [-0.05, 0) is 49.7 Å². The minimum absolute atomic E-state index is 0.0393. The minimum atomic E-state index is -0.671. The highest BCUT2D eigenvalue weighted by molar-refractivity contribution is 6.03. The fourth-order valence-electron chi connectivity index (χ4n) is 3.05. The number of benzene rings is 2. The van der Waals surface area contributed by atoms with Crippen molar-refractivity contribution in [2.75, 3.05) is 19.1 Å². The van der Waals surface area contributed by atoms with E-state index in [1.54, 1.807) is 12.0 Å². The number of ether oxygens (including phenoxy) is 1. The first-order valence-electron chi connectivity index (χ1n) is 7.94. The van der Waals surface area contributed by atoms with Gasteiger partial charge >= 0.3 is 0 Å². The van der Waals surface area contributed by atoms with E-state index in [1.165, 1.54) is 0 Å². The van der Waals surface area contributed by atoms with Gasteiger partial charge in [0.1, 0.15) is 5.75 Å². The minimum Gasteiger partial charge on any atom is -0.497 e. The summed E-state index contributed by atoms with van der Waals surface area (Å²) < 4.78 is 5.33. The number of likely N-dealkylation sites (N-methyl/N-ethyl adjacent to an activating group) is 1. The molecule has 0 spiro atoms. The van der Waals surface area contributed by atoms with Crippen LogP contribution in [0, 0.1) is 0 Å². The Labute approximate surface area is 142 Å². The first-order chi connectivity index (χ1) is 11.4. The van der Waals surface area contributed by atoms with Crippen LogP contribution < -0.4 is 9.64 Å². The molecular weight excluding hydrogens is 300 g/mol. The van der Waals surface area contributed by atoms with Gasteiger partial charge in [-0.1, -0.05) is 18.2 Å². The van der Waals surface area contributed by atoms with Gasteiger partial charge in [0.05, 0.1) is 12.5 Å². The number of aromatic nitrogens is 1. The lowest BCUT2D eigenvalue weighted by atomic mass is 9.83. The number of nitrogens with zero attached hydrogens (tertiary/aromatic N) is 1. The molecule has 0 aliphatic rings. The molecule has 1 heterocycles. The molecule has 0 atom stereocenters. The van der Waals surface area contributed by atoms with Crippen molar-refractivity contribution in [2.24, 2.45) is 0 Å². The molecule has 0 aliphatic heterocycles. The topological polar surface area (TPSA) is 45.3 Å². The molecule has 0 bridgehead atoms. The number of carbonyl (C=O) groups is 1. The monoisotopic (exact) mass is 322 g/mol. The van der Waals surface area contributed by atoms with Crippen LogP contribution >= 0.6 is 0 Å². The van der Waals surface area contributed by atoms with Gasteiger partial charge in [-0.2, -0.15) is 0 Å². The van der Waals surface area contributed by atoms with Gasteiger partial charge in [0.25, 0.3) is 0 Å². The summed E-state index contributed by atoms with van der Waals surface area (Å²) in [5, 5.41) is 1.01. The van der Waals surface area contributed by atoms with Gasteiger partial charge in [-0.3, -0.25) is 4.79 Å². The van der Waals surface area contributed by atoms with E-state index < -0.39 is 5.41 Å². The number of carbonyl (C=O) groups excluding carboxylic acids is 1. The van der Waals surface area contributed by atoms with Gasteiger partial charge in [0.15, 0.2) is 0 Å². The average Bonchev–Trinajstić information content (AvgIpc) is 3.04. The number of para-hydroxylation sites is 1. The van der Waals surface area contributed by atoms with Gasteiger partial charge in [-0.15, -0.1) is 0 Å². The summed E-state index contributed by atoms with van der Waals surface area (Å²) in [6, 6.07) is 15.5. The molecule has 4 heteroatoms. The van der Waals surface area contributed by atoms with Crippen LogP contribution in [-0.2, 0) is 10.2 Å². The van der Waals surface area contributed by atoms with E-state index in [0.29, 0.717) is 0 Å². The van der Waals surface area contributed by atoms with Crippen molar-refractivity contribution < 1.29 is 9.53 Å². The fraction of sp³-hybridized carbons (Fsp3) is 0.250. The van der Waals surface area contributed by atoms with E-state index in [4.69, 9.17) is 4.74 Å². The highest BCUT2D eigenvalue weighted by Gasteiger charge is 2.35. The van der Waals surface area contributed by atoms with E-state index >= 15 is 0 Å². The molecular formula is C20H22N2O2. The highest BCUT2D eigenvalue weighted by atomic mass is 16.5. The highest BCUT2D eigenvalue weighted by Crippen LogP contribution is 2.34. The Hall–Kier alpha value is -2.75. The molecule has 0 fully saturated rings. The van der Waals surface area contributed by atoms with E-state index in [-0.39, 0.29) is 5.91 Å². The predicted molar refractivity (Wildman–Crippen MR) is 97.7 cm³/mol. The number of aromatic amines is 1. The van der Waals surface area contributed by atoms with E-state index in [2.05, 4.69) is 4.98 Å². The molecule has 0 saturated heterocycles. The van der Waals surface area contributed by atoms with Crippen LogP contribution in [0.4, 0.5) is 5.69 Å². The Morgan fingerprint density at radius 2 is 1.83 bits per heavy atom. The molecule has 124 valence electrons. The zero-order valence-corrected chi connectivity index (χ0v) is 14.5. The second-order valence-corrected chi connectivity index (χ2v) is 6.44. The Morgan fingerprint density at radius 1 is 1.12 bits per heavy atom. The zero-order chi connectivity index (χ0) is 17.3. The second kappa shape index (κ2) is 6.04. The van der Waals surface area contributed by atoms with Gasteiger partial charge in [0.2, 0.25) is 5.91 Å². The molecule has 24 heavy (non-hydrogen) atoms. The third-order valence-corrected chi connectivity index (χ3v) is 4.55. The summed E-state index contributed by atoms with van der Waals surface area (Å²) >= 11 is 0. The van der Waals surface area contributed by atoms with Crippen LogP contribution in [0.2, 0.25) is 0 Å². The Morgan fingerprint density at radius 3 is 2.50 bits per heavy atom. The standard InChI is InChI=1S/C20H22N2O2/c1-20(2,19(23)22(3)14-8-6-5-7-9-14)17-13-21-18-11-10-15(24-4)12-16(17)18/h5-13,21H,1-4H3. The van der Waals surface area contributed by atoms with Crippen LogP contribution in [0.1, 0.15) is 19.4 Å². The molecule has 3 aromatic rings. The summed E-state index contributed by atoms with van der Waals surface area (Å²) in [6.45, 7) is 3.91. The van der Waals surface area contributed by atoms with E-state index in [1.807, 2.05) is 75.6 Å². The number of nitrogens with one attached hydrogen (secondary N) is 1. The predicted octanol–water partition coefficient (Wildman–Crippen LogP) is 4.12. The number of methoxy groups -OCH3 is 1. The number of amides is 1. The van der Waals surface area contributed by atoms with Crippen molar-refractivity contribution in [1.82, 2.24) is 4.98 Å². The second-order valence-electron chi connectivity index (χ2n) is 6.44. The van der Waals surface area contributed by atoms with E-state index in [0.717, 1.165) is 27.9 Å². The van der Waals surface area contributed by atoms with Crippen molar-refractivity contribution >= 4 is 22.5 Å². The van der Waals surface area contributed by atoms with Crippen LogP contribution in [0.3, 0.4) is 0 Å². The van der Waals surface area contributed by atoms with Crippen LogP contribution in [0.15, 0.2) is 54.7 Å². The molecule has 1 amide bonds. The Balaban J connectivity index is 2.02. The maximum absolute atomic E-state index is 13.1. The Bertz CT molecular complexity index is 866. The third kappa shape index (κ3) is 2.64. The molecule has 3 rings (SSSR count). The van der Waals surface area contributed by atoms with Crippen molar-refractivity contribution in [1.29, 1.82) is 0 Å². The quantitative estimate of drug-likeness (QED) is 0.785. The lowest BCUT2D eigenvalue weighted by molar-refractivity contribution is -0.122. The number of hydrogen-bond donors (Lipinski definition) is 1. The Kier molecular flexibility index (Phi) is 4.06. The molecule has 2 aromatic carbocycles. The average molecular weight is 322 g/mol. The molecule has 1 N–H and O–H groups in total. The van der Waals surface area contributed by atoms with Crippen molar-refractivity contribution in [2.45, 2.75) is 19.3 Å². The summed E-state index contributed by atoms with van der Waals surface area (Å²) in [4.78, 5) is 18.1. The molecule has 0 radical (unpaired) electrons. The summed E-state index contributed by atoms with van der Waals surface area (Å²) in [5.41, 5.74) is 2.17. The molecule has 1 aromatic heterocycles. The zero-order valence-electron chi connectivity index (χ0n) is 14.5. The first kappa shape index (κ1) is 16.1. The third-order valence-electron chi connectivity index (χ3n) is 4.55. The lowest BCUT2D eigenvalue weighted by Crippen LogP contribution is -2.41. The van der Waals surface area contributed by atoms with E-state index in [9.17, 15) is 4.79 Å². The summed E-state index contributed by atoms with van der Waals surface area (Å²) in [6.07, 6.45) is 1.92. The fourth-order valence-corrected chi connectivity index (χ4v) is 3.05. The SMILES string of the molecule is COc1ccc2[nH]cc(C(C)(C)C(=O)N(C)c3ccccc3)c2c1. The maximum Gasteiger partial charge on any atom is 0.236 e. The number of hydrogen-bond acceptors (Lipinski definition) is 2. The van der Waals surface area contributed by atoms with Gasteiger partial charge in [-0.25, -0.2) is 0 Å². The summed E-state index contributed by atoms with van der Waals surface area (Å²) in [7, 11) is 3.46. The molecule has 0 aliphatic carbocycles. The maximum atomic E-state index is 13.1. The normalized spacial score (nSPS) is 11.5. The molecule has 4 nitrogen and oxygen atoms in total. The smallest absolute Gasteiger partial charge is 0.236 e. The number of rotatable bonds is 4. The first-order valence-corrected chi connectivity index (χ1v) is 7.94. The van der Waals surface area contributed by atoms with Crippen molar-refractivity contribution in [3.8, 4) is 5.75 Å². The number of fused-ring (bicyclic) bond motifs is 1. The van der Waals surface area contributed by atoms with Gasteiger partial charge < -0.3 is 14.6 Å². The summed E-state index contributed by atoms with van der Waals surface area (Å²) in [5.74, 6) is 0.820. The van der Waals surface area contributed by atoms with Crippen molar-refractivity contribution in [3.05, 3.63) is 60.3 Å². The van der Waals surface area contributed by atoms with Crippen molar-refractivity contribution in [3.63, 3.8) is 0 Å². The van der Waals surface area contributed by atoms with Crippen LogP contribution in [0.5, 0.6) is 5.75 Å².